The van der Waals surface area contributed by atoms with E-state index in [0.717, 1.165) is 68.2 Å². The normalized spacial score (nSPS) is 31.6. The Kier molecular flexibility index (Phi) is 9.77. The van der Waals surface area contributed by atoms with Crippen LogP contribution in [-0.4, -0.2) is 77.5 Å². The Morgan fingerprint density at radius 1 is 1.15 bits per heavy atom. The molecule has 6 atom stereocenters. The second-order valence-corrected chi connectivity index (χ2v) is 16.7. The zero-order valence-corrected chi connectivity index (χ0v) is 29.1. The zero-order chi connectivity index (χ0) is 32.6. The van der Waals surface area contributed by atoms with Crippen molar-refractivity contribution in [1.29, 1.82) is 0 Å². The average Bonchev–Trinajstić information content (AvgIpc) is 3.14. The van der Waals surface area contributed by atoms with Gasteiger partial charge in [-0.1, -0.05) is 36.7 Å². The standard InChI is InChI=1S/C36H48ClN3O5S/c1-24-7-5-9-33(44-18-17-39(3)4)30-13-10-28(30)21-40-22-36(16-6-8-26-19-29(37)12-14-31(26)36)23-45-34-15-11-27(20-32(34)40)35(41)38-46(42,43)25(24)2/h5,9,11-12,14-15,19-20,24-25,28,30,33H,6-8,10,13,16-18,21-23H2,1-4H3,(H,38,41)/b9-5+/t24-,25+,28-,30+,33-,36-/m0/s1. The molecule has 0 aromatic heterocycles. The molecule has 46 heavy (non-hydrogen) atoms. The molecule has 8 nitrogen and oxygen atoms in total. The lowest BCUT2D eigenvalue weighted by atomic mass is 9.68. The highest BCUT2D eigenvalue weighted by Gasteiger charge is 2.44. The summed E-state index contributed by atoms with van der Waals surface area (Å²) >= 11 is 6.44. The van der Waals surface area contributed by atoms with Gasteiger partial charge in [0.1, 0.15) is 5.75 Å². The molecule has 6 rings (SSSR count). The third kappa shape index (κ3) is 6.84. The predicted molar refractivity (Wildman–Crippen MR) is 183 cm³/mol. The van der Waals surface area contributed by atoms with E-state index in [4.69, 9.17) is 21.1 Å². The van der Waals surface area contributed by atoms with E-state index in [1.54, 1.807) is 13.0 Å². The van der Waals surface area contributed by atoms with Gasteiger partial charge in [0.25, 0.3) is 5.91 Å². The molecule has 1 fully saturated rings. The number of nitrogens with zero attached hydrogens (tertiary/aromatic N) is 2. The number of hydrogen-bond acceptors (Lipinski definition) is 7. The molecule has 250 valence electrons. The number of carbonyl (C=O) groups excluding carboxylic acids is 1. The van der Waals surface area contributed by atoms with Gasteiger partial charge in [-0.25, -0.2) is 13.1 Å². The third-order valence-corrected chi connectivity index (χ3v) is 13.0. The quantitative estimate of drug-likeness (QED) is 0.410. The largest absolute Gasteiger partial charge is 0.490 e. The maximum Gasteiger partial charge on any atom is 0.264 e. The smallest absolute Gasteiger partial charge is 0.264 e. The van der Waals surface area contributed by atoms with Gasteiger partial charge in [-0.3, -0.25) is 4.79 Å². The van der Waals surface area contributed by atoms with Crippen LogP contribution in [0.15, 0.2) is 48.6 Å². The Hall–Kier alpha value is -2.59. The van der Waals surface area contributed by atoms with Crippen molar-refractivity contribution in [2.24, 2.45) is 17.8 Å². The number of anilines is 1. The fraction of sp³-hybridized carbons (Fsp3) is 0.583. The summed E-state index contributed by atoms with van der Waals surface area (Å²) in [4.78, 5) is 18.0. The van der Waals surface area contributed by atoms with Gasteiger partial charge in [0, 0.05) is 35.6 Å². The number of allylic oxidation sites excluding steroid dienone is 1. The predicted octanol–water partition coefficient (Wildman–Crippen LogP) is 5.83. The van der Waals surface area contributed by atoms with Crippen LogP contribution in [0.1, 0.15) is 67.4 Å². The van der Waals surface area contributed by atoms with Crippen LogP contribution in [0.2, 0.25) is 5.02 Å². The lowest BCUT2D eigenvalue weighted by molar-refractivity contribution is -0.0180. The first-order valence-corrected chi connectivity index (χ1v) is 18.7. The average molecular weight is 670 g/mol. The Labute approximate surface area is 279 Å². The van der Waals surface area contributed by atoms with E-state index >= 15 is 0 Å². The highest BCUT2D eigenvalue weighted by molar-refractivity contribution is 7.90. The second-order valence-electron chi connectivity index (χ2n) is 14.2. The minimum absolute atomic E-state index is 0.0500. The molecule has 10 heteroatoms. The summed E-state index contributed by atoms with van der Waals surface area (Å²) in [6.45, 7) is 7.10. The summed E-state index contributed by atoms with van der Waals surface area (Å²) in [5, 5.41) is -0.00223. The molecule has 2 aromatic rings. The maximum absolute atomic E-state index is 13.5. The van der Waals surface area contributed by atoms with Crippen molar-refractivity contribution in [2.75, 3.05) is 51.8 Å². The SMILES string of the molecule is C[C@@H]1[C@@H](C)C/C=C/[C@H](OCCN(C)C)[C@@H]2CC[C@H]2CN2C[C@@]3(CCCc4cc(Cl)ccc43)COc3ccc(cc32)C(=O)NS1(=O)=O. The van der Waals surface area contributed by atoms with Crippen LogP contribution >= 0.6 is 11.6 Å². The van der Waals surface area contributed by atoms with E-state index < -0.39 is 21.2 Å². The number of halogens is 1. The van der Waals surface area contributed by atoms with E-state index in [1.807, 2.05) is 39.2 Å². The minimum atomic E-state index is -3.91. The van der Waals surface area contributed by atoms with Crippen LogP contribution < -0.4 is 14.4 Å². The first-order valence-electron chi connectivity index (χ1n) is 16.8. The molecule has 2 heterocycles. The lowest BCUT2D eigenvalue weighted by Crippen LogP contribution is -2.49. The van der Waals surface area contributed by atoms with E-state index in [9.17, 15) is 13.2 Å². The highest BCUT2D eigenvalue weighted by atomic mass is 35.5. The van der Waals surface area contributed by atoms with Gasteiger partial charge in [-0.15, -0.1) is 0 Å². The first kappa shape index (κ1) is 33.3. The molecular formula is C36H48ClN3O5S. The summed E-state index contributed by atoms with van der Waals surface area (Å²) in [6.07, 6.45) is 9.97. The number of benzene rings is 2. The van der Waals surface area contributed by atoms with Crippen LogP contribution in [0.4, 0.5) is 5.69 Å². The van der Waals surface area contributed by atoms with E-state index in [0.29, 0.717) is 37.0 Å². The van der Waals surface area contributed by atoms with E-state index in [2.05, 4.69) is 38.8 Å². The molecule has 2 aliphatic carbocycles. The Bertz CT molecular complexity index is 1580. The number of nitrogens with one attached hydrogen (secondary N) is 1. The zero-order valence-electron chi connectivity index (χ0n) is 27.5. The van der Waals surface area contributed by atoms with Crippen molar-refractivity contribution in [3.05, 3.63) is 70.3 Å². The van der Waals surface area contributed by atoms with Crippen molar-refractivity contribution in [3.63, 3.8) is 0 Å². The van der Waals surface area contributed by atoms with E-state index in [1.165, 1.54) is 11.1 Å². The molecule has 0 unspecified atom stereocenters. The first-order chi connectivity index (χ1) is 22.0. The Morgan fingerprint density at radius 2 is 1.98 bits per heavy atom. The molecule has 2 aromatic carbocycles. The van der Waals surface area contributed by atoms with Gasteiger partial charge in [-0.2, -0.15) is 0 Å². The van der Waals surface area contributed by atoms with Gasteiger partial charge in [0.2, 0.25) is 10.0 Å². The number of amides is 1. The van der Waals surface area contributed by atoms with Crippen molar-refractivity contribution in [3.8, 4) is 5.75 Å². The molecule has 1 spiro atoms. The highest BCUT2D eigenvalue weighted by Crippen LogP contribution is 2.47. The van der Waals surface area contributed by atoms with Crippen LogP contribution in [0.25, 0.3) is 0 Å². The van der Waals surface area contributed by atoms with Gasteiger partial charge >= 0.3 is 0 Å². The molecule has 4 aliphatic rings. The molecule has 0 radical (unpaired) electrons. The number of aryl methyl sites for hydroxylation is 1. The second kappa shape index (κ2) is 13.5. The number of fused-ring (bicyclic) bond motifs is 4. The summed E-state index contributed by atoms with van der Waals surface area (Å²) in [6, 6.07) is 11.6. The number of likely N-dealkylation sites (N-methyl/N-ethyl adjacent to an activating group) is 1. The monoisotopic (exact) mass is 669 g/mol. The van der Waals surface area contributed by atoms with E-state index in [-0.39, 0.29) is 17.4 Å². The fourth-order valence-corrected chi connectivity index (χ4v) is 9.17. The maximum atomic E-state index is 13.5. The number of sulfonamides is 1. The number of carbonyl (C=O) groups is 1. The molecule has 1 saturated carbocycles. The van der Waals surface area contributed by atoms with Crippen LogP contribution in [0.5, 0.6) is 5.75 Å². The molecule has 2 bridgehead atoms. The number of rotatable bonds is 4. The van der Waals surface area contributed by atoms with Crippen LogP contribution in [0.3, 0.4) is 0 Å². The summed E-state index contributed by atoms with van der Waals surface area (Å²) in [5.74, 6) is 0.657. The molecule has 0 saturated heterocycles. The lowest BCUT2D eigenvalue weighted by Gasteiger charge is -2.46. The third-order valence-electron chi connectivity index (χ3n) is 10.9. The molecule has 1 amide bonds. The Morgan fingerprint density at radius 3 is 2.74 bits per heavy atom. The van der Waals surface area contributed by atoms with Gasteiger partial charge in [0.05, 0.1) is 30.3 Å². The Balaban J connectivity index is 1.40. The van der Waals surface area contributed by atoms with Crippen LogP contribution in [-0.2, 0) is 26.6 Å². The number of ether oxygens (including phenoxy) is 2. The van der Waals surface area contributed by atoms with Gasteiger partial charge < -0.3 is 19.3 Å². The van der Waals surface area contributed by atoms with Crippen molar-refractivity contribution in [1.82, 2.24) is 9.62 Å². The molecular weight excluding hydrogens is 622 g/mol. The van der Waals surface area contributed by atoms with Gasteiger partial charge in [-0.05, 0) is 119 Å². The van der Waals surface area contributed by atoms with Gasteiger partial charge in [0.15, 0.2) is 0 Å². The summed E-state index contributed by atoms with van der Waals surface area (Å²) in [5.41, 5.74) is 3.47. The summed E-state index contributed by atoms with van der Waals surface area (Å²) < 4.78 is 42.2. The van der Waals surface area contributed by atoms with Crippen molar-refractivity contribution >= 4 is 33.2 Å². The summed E-state index contributed by atoms with van der Waals surface area (Å²) in [7, 11) is 0.189. The topological polar surface area (TPSA) is 88.2 Å². The fourth-order valence-electron chi connectivity index (χ4n) is 7.69. The van der Waals surface area contributed by atoms with Crippen LogP contribution in [0, 0.1) is 17.8 Å². The number of hydrogen-bond donors (Lipinski definition) is 1. The van der Waals surface area contributed by atoms with Crippen molar-refractivity contribution in [2.45, 2.75) is 69.1 Å². The molecule has 2 aliphatic heterocycles. The minimum Gasteiger partial charge on any atom is -0.490 e. The molecule has 1 N–H and O–H groups in total. The van der Waals surface area contributed by atoms with Crippen molar-refractivity contribution < 1.29 is 22.7 Å².